The molecule has 0 bridgehead atoms. The van der Waals surface area contributed by atoms with E-state index in [1.54, 1.807) is 0 Å². The minimum Gasteiger partial charge on any atom is -0.396 e. The predicted molar refractivity (Wildman–Crippen MR) is 93.5 cm³/mol. The Morgan fingerprint density at radius 1 is 0.905 bits per heavy atom. The molecule has 0 saturated heterocycles. The van der Waals surface area contributed by atoms with E-state index in [4.69, 9.17) is 0 Å². The van der Waals surface area contributed by atoms with Crippen LogP contribution in [0.2, 0.25) is 0 Å². The van der Waals surface area contributed by atoms with Gasteiger partial charge in [0.15, 0.2) is 0 Å². The molecule has 1 aliphatic rings. The first-order chi connectivity index (χ1) is 9.93. The highest BCUT2D eigenvalue weighted by Crippen LogP contribution is 2.47. The van der Waals surface area contributed by atoms with Crippen LogP contribution in [0.5, 0.6) is 0 Å². The Balaban J connectivity index is 2.22. The van der Waals surface area contributed by atoms with Gasteiger partial charge in [0.1, 0.15) is 0 Å². The molecular weight excluding hydrogens is 256 g/mol. The Labute approximate surface area is 133 Å². The topological polar surface area (TPSA) is 20.2 Å². The van der Waals surface area contributed by atoms with Crippen LogP contribution >= 0.6 is 0 Å². The molecule has 1 fully saturated rings. The van der Waals surface area contributed by atoms with Gasteiger partial charge in [0.05, 0.1) is 0 Å². The molecule has 0 radical (unpaired) electrons. The van der Waals surface area contributed by atoms with Crippen molar-refractivity contribution in [3.8, 4) is 0 Å². The number of unbranched alkanes of at least 4 members (excludes halogenated alkanes) is 6. The lowest BCUT2D eigenvalue weighted by molar-refractivity contribution is 0.0284. The van der Waals surface area contributed by atoms with Crippen molar-refractivity contribution in [3.63, 3.8) is 0 Å². The quantitative estimate of drug-likeness (QED) is 0.492. The van der Waals surface area contributed by atoms with E-state index in [2.05, 4.69) is 27.7 Å². The van der Waals surface area contributed by atoms with E-state index >= 15 is 0 Å². The molecule has 21 heavy (non-hydrogen) atoms. The molecule has 0 atom stereocenters. The molecule has 0 aliphatic heterocycles. The van der Waals surface area contributed by atoms with Gasteiger partial charge >= 0.3 is 0 Å². The van der Waals surface area contributed by atoms with Crippen molar-refractivity contribution >= 4 is 0 Å². The Kier molecular flexibility index (Phi) is 8.31. The molecule has 126 valence electrons. The number of aliphatic hydroxyl groups is 1. The van der Waals surface area contributed by atoms with Gasteiger partial charge < -0.3 is 5.11 Å². The van der Waals surface area contributed by atoms with E-state index < -0.39 is 0 Å². The molecule has 1 heteroatoms. The normalized spacial score (nSPS) is 27.0. The van der Waals surface area contributed by atoms with Crippen LogP contribution < -0.4 is 0 Å². The summed E-state index contributed by atoms with van der Waals surface area (Å²) in [5.74, 6) is 0.853. The Morgan fingerprint density at radius 3 is 1.90 bits per heavy atom. The summed E-state index contributed by atoms with van der Waals surface area (Å²) in [4.78, 5) is 0. The Morgan fingerprint density at radius 2 is 1.43 bits per heavy atom. The van der Waals surface area contributed by atoms with E-state index in [9.17, 15) is 5.11 Å². The van der Waals surface area contributed by atoms with Crippen LogP contribution in [0.3, 0.4) is 0 Å². The van der Waals surface area contributed by atoms with E-state index in [0.29, 0.717) is 12.0 Å². The number of rotatable bonds is 9. The molecule has 0 heterocycles. The Bertz CT molecular complexity index is 256. The molecule has 0 unspecified atom stereocenters. The zero-order valence-corrected chi connectivity index (χ0v) is 15.2. The van der Waals surface area contributed by atoms with Gasteiger partial charge in [-0.25, -0.2) is 0 Å². The van der Waals surface area contributed by atoms with Gasteiger partial charge in [-0.15, -0.1) is 0 Å². The maximum atomic E-state index is 9.90. The summed E-state index contributed by atoms with van der Waals surface area (Å²) >= 11 is 0. The lowest BCUT2D eigenvalue weighted by Gasteiger charge is -2.43. The van der Waals surface area contributed by atoms with Crippen LogP contribution in [0.15, 0.2) is 0 Å². The lowest BCUT2D eigenvalue weighted by atomic mass is 9.63. The zero-order valence-electron chi connectivity index (χ0n) is 15.2. The highest BCUT2D eigenvalue weighted by atomic mass is 16.3. The van der Waals surface area contributed by atoms with Gasteiger partial charge in [-0.05, 0) is 48.9 Å². The molecule has 0 aromatic carbocycles. The summed E-state index contributed by atoms with van der Waals surface area (Å²) in [6.07, 6.45) is 16.0. The van der Waals surface area contributed by atoms with Gasteiger partial charge in [-0.2, -0.15) is 0 Å². The number of hydrogen-bond donors (Lipinski definition) is 1. The molecule has 0 aromatic rings. The zero-order chi connectivity index (χ0) is 15.8. The first kappa shape index (κ1) is 19.0. The SMILES string of the molecule is CCCCCCCCCC1(CO)CCC(C(C)(C)C)CC1. The molecule has 1 nitrogen and oxygen atoms in total. The monoisotopic (exact) mass is 296 g/mol. The second-order valence-corrected chi connectivity index (χ2v) is 8.67. The van der Waals surface area contributed by atoms with Crippen LogP contribution in [0.4, 0.5) is 0 Å². The largest absolute Gasteiger partial charge is 0.396 e. The minimum absolute atomic E-state index is 0.269. The average molecular weight is 297 g/mol. The molecular formula is C20H40O. The van der Waals surface area contributed by atoms with Crippen molar-refractivity contribution < 1.29 is 5.11 Å². The van der Waals surface area contributed by atoms with Crippen LogP contribution in [-0.2, 0) is 0 Å². The van der Waals surface area contributed by atoms with Crippen LogP contribution in [0.25, 0.3) is 0 Å². The van der Waals surface area contributed by atoms with Crippen molar-refractivity contribution in [1.82, 2.24) is 0 Å². The first-order valence-electron chi connectivity index (χ1n) is 9.54. The van der Waals surface area contributed by atoms with E-state index in [1.807, 2.05) is 0 Å². The standard InChI is InChI=1S/C20H40O/c1-5-6-7-8-9-10-11-14-20(17-21)15-12-18(13-16-20)19(2,3)4/h18,21H,5-17H2,1-4H3. The van der Waals surface area contributed by atoms with Crippen molar-refractivity contribution in [1.29, 1.82) is 0 Å². The second kappa shape index (κ2) is 9.18. The number of aliphatic hydroxyl groups excluding tert-OH is 1. The summed E-state index contributed by atoms with van der Waals surface area (Å²) in [6.45, 7) is 9.82. The molecule has 0 amide bonds. The van der Waals surface area contributed by atoms with Gasteiger partial charge in [0, 0.05) is 6.61 Å². The fourth-order valence-corrected chi connectivity index (χ4v) is 4.04. The third kappa shape index (κ3) is 6.72. The highest BCUT2D eigenvalue weighted by molar-refractivity contribution is 4.88. The van der Waals surface area contributed by atoms with Gasteiger partial charge in [0.25, 0.3) is 0 Å². The maximum Gasteiger partial charge on any atom is 0.0487 e. The van der Waals surface area contributed by atoms with E-state index in [1.165, 1.54) is 77.0 Å². The maximum absolute atomic E-state index is 9.90. The molecule has 1 saturated carbocycles. The fraction of sp³-hybridized carbons (Fsp3) is 1.00. The third-order valence-corrected chi connectivity index (χ3v) is 5.92. The van der Waals surface area contributed by atoms with Crippen molar-refractivity contribution in [3.05, 3.63) is 0 Å². The van der Waals surface area contributed by atoms with Crippen LogP contribution in [0.1, 0.15) is 105 Å². The van der Waals surface area contributed by atoms with Crippen molar-refractivity contribution in [2.75, 3.05) is 6.61 Å². The molecule has 1 rings (SSSR count). The summed E-state index contributed by atoms with van der Waals surface area (Å²) in [6, 6.07) is 0. The average Bonchev–Trinajstić information content (AvgIpc) is 2.46. The van der Waals surface area contributed by atoms with Gasteiger partial charge in [-0.1, -0.05) is 72.6 Å². The van der Waals surface area contributed by atoms with Crippen LogP contribution in [0, 0.1) is 16.7 Å². The summed E-state index contributed by atoms with van der Waals surface area (Å²) < 4.78 is 0. The fourth-order valence-electron chi connectivity index (χ4n) is 4.04. The first-order valence-corrected chi connectivity index (χ1v) is 9.54. The molecule has 0 aromatic heterocycles. The summed E-state index contributed by atoms with van der Waals surface area (Å²) in [5.41, 5.74) is 0.714. The molecule has 1 N–H and O–H groups in total. The summed E-state index contributed by atoms with van der Waals surface area (Å²) in [7, 11) is 0. The minimum atomic E-state index is 0.269. The number of hydrogen-bond acceptors (Lipinski definition) is 1. The summed E-state index contributed by atoms with van der Waals surface area (Å²) in [5, 5.41) is 9.90. The Hall–Kier alpha value is -0.0400. The van der Waals surface area contributed by atoms with Crippen LogP contribution in [-0.4, -0.2) is 11.7 Å². The van der Waals surface area contributed by atoms with Gasteiger partial charge in [0.2, 0.25) is 0 Å². The third-order valence-electron chi connectivity index (χ3n) is 5.92. The second-order valence-electron chi connectivity index (χ2n) is 8.67. The van der Waals surface area contributed by atoms with Gasteiger partial charge in [-0.3, -0.25) is 0 Å². The molecule has 1 aliphatic carbocycles. The van der Waals surface area contributed by atoms with E-state index in [0.717, 1.165) is 5.92 Å². The molecule has 0 spiro atoms. The lowest BCUT2D eigenvalue weighted by Crippen LogP contribution is -2.35. The van der Waals surface area contributed by atoms with E-state index in [-0.39, 0.29) is 5.41 Å². The smallest absolute Gasteiger partial charge is 0.0487 e. The van der Waals surface area contributed by atoms with Crippen molar-refractivity contribution in [2.45, 2.75) is 105 Å². The van der Waals surface area contributed by atoms with Crippen molar-refractivity contribution in [2.24, 2.45) is 16.7 Å². The highest BCUT2D eigenvalue weighted by Gasteiger charge is 2.37. The predicted octanol–water partition coefficient (Wildman–Crippen LogP) is 6.34.